The Kier molecular flexibility index (Phi) is 6.10. The summed E-state index contributed by atoms with van der Waals surface area (Å²) in [5, 5.41) is 25.0. The lowest BCUT2D eigenvalue weighted by Crippen LogP contribution is -2.55. The molecule has 2 atom stereocenters. The number of urea groups is 1. The van der Waals surface area contributed by atoms with Crippen molar-refractivity contribution in [1.29, 1.82) is 0 Å². The fourth-order valence-corrected chi connectivity index (χ4v) is 4.17. The number of hydrogen-bond acceptors (Lipinski definition) is 5. The summed E-state index contributed by atoms with van der Waals surface area (Å²) in [7, 11) is 0. The molecule has 1 aliphatic heterocycles. The van der Waals surface area contributed by atoms with Gasteiger partial charge in [-0.25, -0.2) is 4.79 Å². The number of aliphatic hydroxyl groups is 2. The number of amides is 2. The first-order valence-electron chi connectivity index (χ1n) is 8.68. The fourth-order valence-electron chi connectivity index (χ4n) is 3.45. The average Bonchev–Trinajstić information content (AvgIpc) is 3.12. The van der Waals surface area contributed by atoms with Crippen molar-refractivity contribution in [1.82, 2.24) is 10.2 Å². The SMILES string of the molecule is O=C(NC1CCC(O)CC1)N1CCOC[C@H]1C[C@@H](O)c1cccs1. The minimum atomic E-state index is -0.572. The highest BCUT2D eigenvalue weighted by Gasteiger charge is 2.31. The van der Waals surface area contributed by atoms with Gasteiger partial charge in [0.15, 0.2) is 0 Å². The van der Waals surface area contributed by atoms with Gasteiger partial charge in [-0.2, -0.15) is 0 Å². The molecule has 1 aromatic rings. The van der Waals surface area contributed by atoms with Crippen LogP contribution in [0.15, 0.2) is 17.5 Å². The Morgan fingerprint density at radius 2 is 2.21 bits per heavy atom. The van der Waals surface area contributed by atoms with E-state index in [2.05, 4.69) is 5.32 Å². The van der Waals surface area contributed by atoms with E-state index in [1.807, 2.05) is 17.5 Å². The van der Waals surface area contributed by atoms with E-state index in [1.165, 1.54) is 11.3 Å². The molecule has 2 amide bonds. The van der Waals surface area contributed by atoms with Gasteiger partial charge in [-0.05, 0) is 37.1 Å². The van der Waals surface area contributed by atoms with Crippen LogP contribution in [0.2, 0.25) is 0 Å². The van der Waals surface area contributed by atoms with Crippen LogP contribution in [0.1, 0.15) is 43.1 Å². The highest BCUT2D eigenvalue weighted by Crippen LogP contribution is 2.26. The summed E-state index contributed by atoms with van der Waals surface area (Å²) in [4.78, 5) is 15.4. The number of thiophene rings is 1. The number of nitrogens with zero attached hydrogens (tertiary/aromatic N) is 1. The largest absolute Gasteiger partial charge is 0.393 e. The molecule has 1 aliphatic carbocycles. The number of hydrogen-bond donors (Lipinski definition) is 3. The van der Waals surface area contributed by atoms with Crippen molar-refractivity contribution in [3.63, 3.8) is 0 Å². The van der Waals surface area contributed by atoms with Gasteiger partial charge in [0.2, 0.25) is 0 Å². The van der Waals surface area contributed by atoms with E-state index in [0.29, 0.717) is 26.2 Å². The van der Waals surface area contributed by atoms with Crippen molar-refractivity contribution in [3.05, 3.63) is 22.4 Å². The molecule has 0 unspecified atom stereocenters. The van der Waals surface area contributed by atoms with Crippen molar-refractivity contribution >= 4 is 17.4 Å². The van der Waals surface area contributed by atoms with Crippen LogP contribution in [0, 0.1) is 0 Å². The average molecular weight is 354 g/mol. The molecule has 3 N–H and O–H groups in total. The van der Waals surface area contributed by atoms with Crippen molar-refractivity contribution in [2.24, 2.45) is 0 Å². The summed E-state index contributed by atoms with van der Waals surface area (Å²) in [5.74, 6) is 0. The molecule has 2 heterocycles. The van der Waals surface area contributed by atoms with Crippen LogP contribution in [-0.4, -0.2) is 59.1 Å². The first kappa shape index (κ1) is 17.7. The third-order valence-corrected chi connectivity index (χ3v) is 5.85. The van der Waals surface area contributed by atoms with Crippen LogP contribution in [0.4, 0.5) is 4.79 Å². The first-order chi connectivity index (χ1) is 11.6. The number of morpholine rings is 1. The van der Waals surface area contributed by atoms with Crippen molar-refractivity contribution in [3.8, 4) is 0 Å². The predicted octanol–water partition coefficient (Wildman–Crippen LogP) is 1.89. The predicted molar refractivity (Wildman–Crippen MR) is 92.0 cm³/mol. The summed E-state index contributed by atoms with van der Waals surface area (Å²) in [6.07, 6.45) is 2.81. The minimum Gasteiger partial charge on any atom is -0.393 e. The zero-order valence-corrected chi connectivity index (χ0v) is 14.6. The molecule has 1 saturated heterocycles. The van der Waals surface area contributed by atoms with Crippen LogP contribution in [0.5, 0.6) is 0 Å². The van der Waals surface area contributed by atoms with E-state index in [0.717, 1.165) is 30.6 Å². The maximum absolute atomic E-state index is 12.6. The summed E-state index contributed by atoms with van der Waals surface area (Å²) >= 11 is 1.52. The quantitative estimate of drug-likeness (QED) is 0.771. The Balaban J connectivity index is 1.56. The van der Waals surface area contributed by atoms with E-state index in [1.54, 1.807) is 4.90 Å². The number of aliphatic hydroxyl groups excluding tert-OH is 2. The summed E-state index contributed by atoms with van der Waals surface area (Å²) in [6, 6.07) is 3.76. The van der Waals surface area contributed by atoms with Crippen molar-refractivity contribution in [2.45, 2.75) is 56.4 Å². The van der Waals surface area contributed by atoms with Gasteiger partial charge in [0.25, 0.3) is 0 Å². The highest BCUT2D eigenvalue weighted by atomic mass is 32.1. The second-order valence-electron chi connectivity index (χ2n) is 6.64. The molecular weight excluding hydrogens is 328 g/mol. The Morgan fingerprint density at radius 1 is 1.42 bits per heavy atom. The van der Waals surface area contributed by atoms with E-state index >= 15 is 0 Å². The van der Waals surface area contributed by atoms with Crippen LogP contribution < -0.4 is 5.32 Å². The molecular formula is C17H26N2O4S. The lowest BCUT2D eigenvalue weighted by molar-refractivity contribution is -0.00751. The van der Waals surface area contributed by atoms with Gasteiger partial charge in [0, 0.05) is 23.9 Å². The van der Waals surface area contributed by atoms with Crippen LogP contribution in [0.3, 0.4) is 0 Å². The molecule has 0 bridgehead atoms. The molecule has 6 nitrogen and oxygen atoms in total. The molecule has 2 fully saturated rings. The molecule has 24 heavy (non-hydrogen) atoms. The van der Waals surface area contributed by atoms with Gasteiger partial charge < -0.3 is 25.2 Å². The second-order valence-corrected chi connectivity index (χ2v) is 7.62. The lowest BCUT2D eigenvalue weighted by atomic mass is 9.93. The van der Waals surface area contributed by atoms with Gasteiger partial charge >= 0.3 is 6.03 Å². The van der Waals surface area contributed by atoms with Crippen LogP contribution in [-0.2, 0) is 4.74 Å². The van der Waals surface area contributed by atoms with Crippen LogP contribution in [0.25, 0.3) is 0 Å². The molecule has 134 valence electrons. The lowest BCUT2D eigenvalue weighted by Gasteiger charge is -2.38. The van der Waals surface area contributed by atoms with Gasteiger partial charge in [-0.15, -0.1) is 11.3 Å². The first-order valence-corrected chi connectivity index (χ1v) is 9.56. The number of carbonyl (C=O) groups is 1. The Hall–Kier alpha value is -1.15. The topological polar surface area (TPSA) is 82.0 Å². The van der Waals surface area contributed by atoms with Crippen molar-refractivity contribution in [2.75, 3.05) is 19.8 Å². The summed E-state index contributed by atoms with van der Waals surface area (Å²) in [6.45, 7) is 1.53. The maximum atomic E-state index is 12.6. The molecule has 1 aromatic heterocycles. The number of ether oxygens (including phenoxy) is 1. The maximum Gasteiger partial charge on any atom is 0.318 e. The summed E-state index contributed by atoms with van der Waals surface area (Å²) < 4.78 is 5.52. The molecule has 7 heteroatoms. The Morgan fingerprint density at radius 3 is 2.92 bits per heavy atom. The number of rotatable bonds is 4. The molecule has 3 rings (SSSR count). The number of nitrogens with one attached hydrogen (secondary N) is 1. The molecule has 0 spiro atoms. The highest BCUT2D eigenvalue weighted by molar-refractivity contribution is 7.10. The van der Waals surface area contributed by atoms with E-state index in [4.69, 9.17) is 4.74 Å². The normalized spacial score (nSPS) is 29.2. The van der Waals surface area contributed by atoms with Crippen molar-refractivity contribution < 1.29 is 19.7 Å². The Labute approximate surface area is 146 Å². The second kappa shape index (κ2) is 8.29. The molecule has 0 radical (unpaired) electrons. The standard InChI is InChI=1S/C17H26N2O4S/c20-14-5-3-12(4-6-14)18-17(22)19-7-8-23-11-13(19)10-15(21)16-2-1-9-24-16/h1-2,9,12-15,20-21H,3-8,10-11H2,(H,18,22)/t12?,13-,14?,15-/m1/s1. The zero-order chi connectivity index (χ0) is 16.9. The third kappa shape index (κ3) is 4.47. The number of carbonyl (C=O) groups excluding carboxylic acids is 1. The van der Waals surface area contributed by atoms with Gasteiger partial charge in [-0.1, -0.05) is 6.07 Å². The van der Waals surface area contributed by atoms with Gasteiger partial charge in [0.05, 0.1) is 31.5 Å². The smallest absolute Gasteiger partial charge is 0.318 e. The molecule has 1 saturated carbocycles. The minimum absolute atomic E-state index is 0.0805. The van der Waals surface area contributed by atoms with E-state index in [9.17, 15) is 15.0 Å². The fraction of sp³-hybridized carbons (Fsp3) is 0.706. The molecule has 2 aliphatic rings. The van der Waals surface area contributed by atoms with E-state index in [-0.39, 0.29) is 24.2 Å². The summed E-state index contributed by atoms with van der Waals surface area (Å²) in [5.41, 5.74) is 0. The van der Waals surface area contributed by atoms with E-state index < -0.39 is 6.10 Å². The monoisotopic (exact) mass is 354 g/mol. The van der Waals surface area contributed by atoms with Gasteiger partial charge in [0.1, 0.15) is 0 Å². The zero-order valence-electron chi connectivity index (χ0n) is 13.8. The Bertz CT molecular complexity index is 517. The van der Waals surface area contributed by atoms with Crippen LogP contribution >= 0.6 is 11.3 Å². The van der Waals surface area contributed by atoms with Gasteiger partial charge in [-0.3, -0.25) is 0 Å². The third-order valence-electron chi connectivity index (χ3n) is 4.88. The molecule has 0 aromatic carbocycles.